The van der Waals surface area contributed by atoms with E-state index in [0.717, 1.165) is 37.5 Å². The number of aromatic nitrogens is 2. The minimum atomic E-state index is -0.470. The van der Waals surface area contributed by atoms with E-state index in [1.54, 1.807) is 17.9 Å². The molecule has 7 nitrogen and oxygen atoms in total. The molecule has 2 unspecified atom stereocenters. The van der Waals surface area contributed by atoms with Crippen LogP contribution in [0.25, 0.3) is 11.1 Å². The third-order valence-electron chi connectivity index (χ3n) is 7.05. The quantitative estimate of drug-likeness (QED) is 0.323. The molecular weight excluding hydrogens is 462 g/mol. The number of hydroxylamine groups is 1. The predicted octanol–water partition coefficient (Wildman–Crippen LogP) is 4.21. The molecule has 2 atom stereocenters. The number of benzene rings is 2. The molecule has 1 aromatic heterocycles. The smallest absolute Gasteiger partial charge is 0.247 e. The molecule has 182 valence electrons. The van der Waals surface area contributed by atoms with Gasteiger partial charge in [0.15, 0.2) is 0 Å². The first-order valence-corrected chi connectivity index (χ1v) is 12.5. The second kappa shape index (κ2) is 10.7. The Morgan fingerprint density at radius 2 is 1.63 bits per heavy atom. The van der Waals surface area contributed by atoms with E-state index in [1.807, 2.05) is 12.1 Å². The van der Waals surface area contributed by atoms with Gasteiger partial charge in [-0.15, -0.1) is 0 Å². The van der Waals surface area contributed by atoms with Crippen molar-refractivity contribution in [2.45, 2.75) is 37.6 Å². The molecule has 35 heavy (non-hydrogen) atoms. The SMILES string of the molecule is O=C(Cc1cnc(N2CCC(CNC3CC3c3ccc(-c4ccc(Cl)cc4)cc3)CC2)nc1)NO. The molecule has 1 amide bonds. The summed E-state index contributed by atoms with van der Waals surface area (Å²) in [4.78, 5) is 22.3. The first-order chi connectivity index (χ1) is 17.1. The summed E-state index contributed by atoms with van der Waals surface area (Å²) in [6.07, 6.45) is 6.80. The van der Waals surface area contributed by atoms with Crippen molar-refractivity contribution in [2.24, 2.45) is 5.92 Å². The third-order valence-corrected chi connectivity index (χ3v) is 7.31. The maximum Gasteiger partial charge on any atom is 0.247 e. The Morgan fingerprint density at radius 1 is 1.00 bits per heavy atom. The molecule has 0 radical (unpaired) electrons. The van der Waals surface area contributed by atoms with E-state index in [2.05, 4.69) is 56.6 Å². The zero-order chi connectivity index (χ0) is 24.2. The highest BCUT2D eigenvalue weighted by Gasteiger charge is 2.38. The number of anilines is 1. The van der Waals surface area contributed by atoms with Crippen molar-refractivity contribution in [3.8, 4) is 11.1 Å². The van der Waals surface area contributed by atoms with Gasteiger partial charge in [-0.2, -0.15) is 0 Å². The lowest BCUT2D eigenvalue weighted by atomic mass is 9.97. The van der Waals surface area contributed by atoms with Gasteiger partial charge >= 0.3 is 0 Å². The first kappa shape index (κ1) is 23.7. The van der Waals surface area contributed by atoms with Crippen LogP contribution in [0.4, 0.5) is 5.95 Å². The number of nitrogens with zero attached hydrogens (tertiary/aromatic N) is 3. The van der Waals surface area contributed by atoms with E-state index in [1.165, 1.54) is 23.1 Å². The van der Waals surface area contributed by atoms with Gasteiger partial charge in [0, 0.05) is 42.5 Å². The van der Waals surface area contributed by atoms with Crippen molar-refractivity contribution in [1.82, 2.24) is 20.8 Å². The average Bonchev–Trinajstić information content (AvgIpc) is 3.68. The fourth-order valence-electron chi connectivity index (χ4n) is 4.84. The number of hydrogen-bond donors (Lipinski definition) is 3. The summed E-state index contributed by atoms with van der Waals surface area (Å²) in [5, 5.41) is 13.2. The molecule has 0 spiro atoms. The van der Waals surface area contributed by atoms with Gasteiger partial charge in [-0.05, 0) is 66.1 Å². The molecule has 1 aliphatic carbocycles. The van der Waals surface area contributed by atoms with Crippen LogP contribution in [0, 0.1) is 5.92 Å². The van der Waals surface area contributed by atoms with Crippen molar-refractivity contribution in [1.29, 1.82) is 0 Å². The summed E-state index contributed by atoms with van der Waals surface area (Å²) < 4.78 is 0. The molecule has 2 heterocycles. The average molecular weight is 492 g/mol. The number of hydrogen-bond acceptors (Lipinski definition) is 6. The lowest BCUT2D eigenvalue weighted by Crippen LogP contribution is -2.38. The van der Waals surface area contributed by atoms with Crippen LogP contribution >= 0.6 is 11.6 Å². The van der Waals surface area contributed by atoms with Gasteiger partial charge in [0.25, 0.3) is 0 Å². The highest BCUT2D eigenvalue weighted by Crippen LogP contribution is 2.41. The zero-order valence-electron chi connectivity index (χ0n) is 19.5. The molecule has 2 aliphatic rings. The lowest BCUT2D eigenvalue weighted by Gasteiger charge is -2.32. The highest BCUT2D eigenvalue weighted by atomic mass is 35.5. The molecule has 1 saturated carbocycles. The molecule has 0 bridgehead atoms. The molecule has 2 aromatic carbocycles. The number of halogens is 1. The third kappa shape index (κ3) is 5.99. The second-order valence-electron chi connectivity index (χ2n) is 9.52. The molecular formula is C27H30ClN5O2. The Kier molecular flexibility index (Phi) is 7.27. The van der Waals surface area contributed by atoms with E-state index >= 15 is 0 Å². The van der Waals surface area contributed by atoms with Crippen LogP contribution < -0.4 is 15.7 Å². The fraction of sp³-hybridized carbons (Fsp3) is 0.370. The van der Waals surface area contributed by atoms with E-state index in [0.29, 0.717) is 29.4 Å². The highest BCUT2D eigenvalue weighted by molar-refractivity contribution is 6.30. The van der Waals surface area contributed by atoms with Crippen LogP contribution in [-0.2, 0) is 11.2 Å². The lowest BCUT2D eigenvalue weighted by molar-refractivity contribution is -0.128. The molecule has 1 saturated heterocycles. The van der Waals surface area contributed by atoms with Crippen LogP contribution in [0.5, 0.6) is 0 Å². The number of carbonyl (C=O) groups excluding carboxylic acids is 1. The van der Waals surface area contributed by atoms with Gasteiger partial charge in [-0.1, -0.05) is 48.0 Å². The molecule has 8 heteroatoms. The predicted molar refractivity (Wildman–Crippen MR) is 137 cm³/mol. The van der Waals surface area contributed by atoms with Gasteiger partial charge in [-0.3, -0.25) is 10.0 Å². The summed E-state index contributed by atoms with van der Waals surface area (Å²) >= 11 is 6.00. The van der Waals surface area contributed by atoms with Gasteiger partial charge in [0.2, 0.25) is 11.9 Å². The van der Waals surface area contributed by atoms with E-state index in [-0.39, 0.29) is 6.42 Å². The van der Waals surface area contributed by atoms with E-state index < -0.39 is 5.91 Å². The van der Waals surface area contributed by atoms with Crippen molar-refractivity contribution in [3.63, 3.8) is 0 Å². The second-order valence-corrected chi connectivity index (χ2v) is 9.96. The topological polar surface area (TPSA) is 90.4 Å². The Morgan fingerprint density at radius 3 is 2.26 bits per heavy atom. The number of amides is 1. The minimum absolute atomic E-state index is 0.0686. The Labute approximate surface area is 210 Å². The van der Waals surface area contributed by atoms with Gasteiger partial charge in [0.05, 0.1) is 6.42 Å². The van der Waals surface area contributed by atoms with E-state index in [4.69, 9.17) is 16.8 Å². The van der Waals surface area contributed by atoms with Crippen LogP contribution in [-0.4, -0.2) is 46.8 Å². The monoisotopic (exact) mass is 491 g/mol. The summed E-state index contributed by atoms with van der Waals surface area (Å²) in [5.41, 5.74) is 6.12. The van der Waals surface area contributed by atoms with E-state index in [9.17, 15) is 4.79 Å². The van der Waals surface area contributed by atoms with Crippen LogP contribution in [0.3, 0.4) is 0 Å². The molecule has 3 aromatic rings. The van der Waals surface area contributed by atoms with Crippen LogP contribution in [0.15, 0.2) is 60.9 Å². The zero-order valence-corrected chi connectivity index (χ0v) is 20.3. The van der Waals surface area contributed by atoms with Gasteiger partial charge in [0.1, 0.15) is 0 Å². The standard InChI is InChI=1S/C27H30ClN5O2/c28-23-7-5-21(6-8-23)20-1-3-22(4-2-20)24-14-25(24)29-15-18-9-11-33(12-10-18)27-30-16-19(17-31-27)13-26(34)32-35/h1-8,16-18,24-25,29,35H,9-15H2,(H,32,34). The van der Waals surface area contributed by atoms with Crippen molar-refractivity contribution in [2.75, 3.05) is 24.5 Å². The Bertz CT molecular complexity index is 1130. The molecule has 5 rings (SSSR count). The summed E-state index contributed by atoms with van der Waals surface area (Å²) in [7, 11) is 0. The fourth-order valence-corrected chi connectivity index (χ4v) is 4.96. The molecule has 1 aliphatic heterocycles. The number of rotatable bonds is 8. The Hall–Kier alpha value is -3.00. The van der Waals surface area contributed by atoms with Crippen LogP contribution in [0.1, 0.15) is 36.3 Å². The molecule has 3 N–H and O–H groups in total. The maximum absolute atomic E-state index is 11.3. The van der Waals surface area contributed by atoms with Crippen molar-refractivity contribution < 1.29 is 10.0 Å². The van der Waals surface area contributed by atoms with Crippen molar-refractivity contribution >= 4 is 23.5 Å². The van der Waals surface area contributed by atoms with Crippen molar-refractivity contribution in [3.05, 3.63) is 77.1 Å². The summed E-state index contributed by atoms with van der Waals surface area (Å²) in [5.74, 6) is 1.50. The van der Waals surface area contributed by atoms with Gasteiger partial charge in [-0.25, -0.2) is 15.4 Å². The maximum atomic E-state index is 11.3. The largest absolute Gasteiger partial charge is 0.341 e. The van der Waals surface area contributed by atoms with Crippen LogP contribution in [0.2, 0.25) is 5.02 Å². The first-order valence-electron chi connectivity index (χ1n) is 12.2. The number of nitrogens with one attached hydrogen (secondary N) is 2. The number of piperidine rings is 1. The summed E-state index contributed by atoms with van der Waals surface area (Å²) in [6, 6.07) is 17.5. The number of carbonyl (C=O) groups is 1. The van der Waals surface area contributed by atoms with Gasteiger partial charge < -0.3 is 10.2 Å². The Balaban J connectivity index is 1.05. The minimum Gasteiger partial charge on any atom is -0.341 e. The summed E-state index contributed by atoms with van der Waals surface area (Å²) in [6.45, 7) is 2.92. The molecule has 2 fully saturated rings. The normalized spacial score (nSPS) is 20.0.